The lowest BCUT2D eigenvalue weighted by atomic mass is 9.80. The first-order valence-corrected chi connectivity index (χ1v) is 5.00. The summed E-state index contributed by atoms with van der Waals surface area (Å²) in [7, 11) is 3.80. The van der Waals surface area contributed by atoms with Crippen LogP contribution < -0.4 is 0 Å². The van der Waals surface area contributed by atoms with Gasteiger partial charge in [0, 0.05) is 0 Å². The van der Waals surface area contributed by atoms with E-state index in [0.29, 0.717) is 11.8 Å². The summed E-state index contributed by atoms with van der Waals surface area (Å²) < 4.78 is 0. The van der Waals surface area contributed by atoms with E-state index in [1.54, 1.807) is 0 Å². The molecule has 0 bridgehead atoms. The Hall–Kier alpha value is -0.570. The van der Waals surface area contributed by atoms with Crippen LogP contribution in [0.4, 0.5) is 0 Å². The van der Waals surface area contributed by atoms with Crippen molar-refractivity contribution in [1.29, 1.82) is 0 Å². The van der Waals surface area contributed by atoms with Crippen LogP contribution in [0.1, 0.15) is 25.7 Å². The summed E-state index contributed by atoms with van der Waals surface area (Å²) >= 11 is 0. The second kappa shape index (κ2) is 2.71. The zero-order valence-corrected chi connectivity index (χ0v) is 8.29. The molecule has 3 atom stereocenters. The fourth-order valence-electron chi connectivity index (χ4n) is 2.98. The molecule has 0 aromatic heterocycles. The summed E-state index contributed by atoms with van der Waals surface area (Å²) in [6, 6.07) is 0. The summed E-state index contributed by atoms with van der Waals surface area (Å²) in [4.78, 5) is 13.2. The molecule has 1 N–H and O–H groups in total. The molecule has 0 aliphatic heterocycles. The van der Waals surface area contributed by atoms with Crippen LogP contribution in [0.3, 0.4) is 0 Å². The van der Waals surface area contributed by atoms with Crippen molar-refractivity contribution < 1.29 is 9.90 Å². The van der Waals surface area contributed by atoms with Crippen LogP contribution in [0.15, 0.2) is 0 Å². The van der Waals surface area contributed by atoms with Gasteiger partial charge in [-0.05, 0) is 38.8 Å². The number of fused-ring (bicyclic) bond motifs is 1. The van der Waals surface area contributed by atoms with Gasteiger partial charge < -0.3 is 5.11 Å². The van der Waals surface area contributed by atoms with Crippen LogP contribution in [0.2, 0.25) is 0 Å². The zero-order chi connectivity index (χ0) is 9.64. The molecule has 2 aliphatic carbocycles. The summed E-state index contributed by atoms with van der Waals surface area (Å²) in [5.41, 5.74) is -0.539. The van der Waals surface area contributed by atoms with Crippen molar-refractivity contribution in [3.8, 4) is 0 Å². The summed E-state index contributed by atoms with van der Waals surface area (Å²) in [6.45, 7) is 0. The van der Waals surface area contributed by atoms with E-state index >= 15 is 0 Å². The smallest absolute Gasteiger partial charge is 0.324 e. The van der Waals surface area contributed by atoms with E-state index in [1.807, 2.05) is 19.0 Å². The number of carbonyl (C=O) groups is 1. The first-order valence-electron chi connectivity index (χ1n) is 5.00. The third-order valence-corrected chi connectivity index (χ3v) is 3.84. The van der Waals surface area contributed by atoms with E-state index in [1.165, 1.54) is 6.42 Å². The van der Waals surface area contributed by atoms with Gasteiger partial charge in [-0.3, -0.25) is 9.69 Å². The Bertz CT molecular complexity index is 239. The quantitative estimate of drug-likeness (QED) is 0.699. The first-order chi connectivity index (χ1) is 6.09. The fourth-order valence-corrected chi connectivity index (χ4v) is 2.98. The number of likely N-dealkylation sites (N-methyl/N-ethyl adjacent to an activating group) is 1. The van der Waals surface area contributed by atoms with Gasteiger partial charge in [-0.1, -0.05) is 12.8 Å². The van der Waals surface area contributed by atoms with Gasteiger partial charge in [0.1, 0.15) is 5.54 Å². The fraction of sp³-hybridized carbons (Fsp3) is 0.900. The van der Waals surface area contributed by atoms with Crippen molar-refractivity contribution in [3.05, 3.63) is 0 Å². The van der Waals surface area contributed by atoms with Gasteiger partial charge in [0.2, 0.25) is 0 Å². The lowest BCUT2D eigenvalue weighted by molar-refractivity contribution is -0.153. The standard InChI is InChI=1S/C10H17NO2/c1-11(2)10(9(12)13)5-3-4-7-6-8(7)10/h7-8H,3-6H2,1-2H3,(H,12,13). The van der Waals surface area contributed by atoms with Crippen LogP contribution in [0.5, 0.6) is 0 Å². The Labute approximate surface area is 78.7 Å². The van der Waals surface area contributed by atoms with Crippen molar-refractivity contribution in [2.24, 2.45) is 11.8 Å². The van der Waals surface area contributed by atoms with Crippen LogP contribution in [0, 0.1) is 11.8 Å². The van der Waals surface area contributed by atoms with Crippen LogP contribution in [0.25, 0.3) is 0 Å². The maximum Gasteiger partial charge on any atom is 0.324 e. The first kappa shape index (κ1) is 9.00. The van der Waals surface area contributed by atoms with Crippen molar-refractivity contribution >= 4 is 5.97 Å². The lowest BCUT2D eigenvalue weighted by Gasteiger charge is -2.39. The third kappa shape index (κ3) is 1.10. The van der Waals surface area contributed by atoms with Crippen molar-refractivity contribution in [3.63, 3.8) is 0 Å². The number of carboxylic acids is 1. The van der Waals surface area contributed by atoms with Gasteiger partial charge in [0.15, 0.2) is 0 Å². The molecule has 0 saturated heterocycles. The molecule has 0 heterocycles. The van der Waals surface area contributed by atoms with E-state index in [-0.39, 0.29) is 0 Å². The molecule has 0 spiro atoms. The Morgan fingerprint density at radius 3 is 2.69 bits per heavy atom. The number of rotatable bonds is 2. The second-order valence-electron chi connectivity index (χ2n) is 4.62. The van der Waals surface area contributed by atoms with Gasteiger partial charge in [-0.15, -0.1) is 0 Å². The van der Waals surface area contributed by atoms with E-state index < -0.39 is 11.5 Å². The lowest BCUT2D eigenvalue weighted by Crippen LogP contribution is -2.54. The highest BCUT2D eigenvalue weighted by molar-refractivity contribution is 5.80. The van der Waals surface area contributed by atoms with E-state index in [4.69, 9.17) is 0 Å². The molecule has 0 radical (unpaired) electrons. The number of hydrogen-bond donors (Lipinski definition) is 1. The molecular formula is C10H17NO2. The average molecular weight is 183 g/mol. The van der Waals surface area contributed by atoms with Gasteiger partial charge >= 0.3 is 5.97 Å². The number of nitrogens with zero attached hydrogens (tertiary/aromatic N) is 1. The van der Waals surface area contributed by atoms with Gasteiger partial charge in [0.25, 0.3) is 0 Å². The van der Waals surface area contributed by atoms with Crippen molar-refractivity contribution in [1.82, 2.24) is 4.90 Å². The third-order valence-electron chi connectivity index (χ3n) is 3.84. The maximum atomic E-state index is 11.3. The SMILES string of the molecule is CN(C)C1(C(=O)O)CCCC2CC21. The topological polar surface area (TPSA) is 40.5 Å². The predicted molar refractivity (Wildman–Crippen MR) is 49.5 cm³/mol. The molecule has 0 aromatic carbocycles. The molecule has 3 unspecified atom stereocenters. The highest BCUT2D eigenvalue weighted by Crippen LogP contribution is 2.56. The van der Waals surface area contributed by atoms with E-state index in [9.17, 15) is 9.90 Å². The molecule has 2 saturated carbocycles. The van der Waals surface area contributed by atoms with Crippen LogP contribution in [-0.2, 0) is 4.79 Å². The van der Waals surface area contributed by atoms with E-state index in [0.717, 1.165) is 19.3 Å². The Kier molecular flexibility index (Phi) is 1.88. The number of hydrogen-bond acceptors (Lipinski definition) is 2. The Balaban J connectivity index is 2.26. The number of aliphatic carboxylic acids is 1. The summed E-state index contributed by atoms with van der Waals surface area (Å²) in [5, 5.41) is 9.31. The van der Waals surface area contributed by atoms with Crippen LogP contribution >= 0.6 is 0 Å². The zero-order valence-electron chi connectivity index (χ0n) is 8.29. The second-order valence-corrected chi connectivity index (χ2v) is 4.62. The molecule has 2 rings (SSSR count). The van der Waals surface area contributed by atoms with Crippen molar-refractivity contribution in [2.75, 3.05) is 14.1 Å². The Morgan fingerprint density at radius 1 is 1.54 bits per heavy atom. The summed E-state index contributed by atoms with van der Waals surface area (Å²) in [6.07, 6.45) is 4.28. The maximum absolute atomic E-state index is 11.3. The monoisotopic (exact) mass is 183 g/mol. The largest absolute Gasteiger partial charge is 0.480 e. The van der Waals surface area contributed by atoms with Crippen LogP contribution in [-0.4, -0.2) is 35.6 Å². The molecule has 3 nitrogen and oxygen atoms in total. The minimum atomic E-state index is -0.621. The molecule has 13 heavy (non-hydrogen) atoms. The van der Waals surface area contributed by atoms with Gasteiger partial charge in [-0.2, -0.15) is 0 Å². The minimum Gasteiger partial charge on any atom is -0.480 e. The molecule has 2 aliphatic rings. The predicted octanol–water partition coefficient (Wildman–Crippen LogP) is 1.19. The Morgan fingerprint density at radius 2 is 2.23 bits per heavy atom. The van der Waals surface area contributed by atoms with Gasteiger partial charge in [0.05, 0.1) is 0 Å². The molecular weight excluding hydrogens is 166 g/mol. The van der Waals surface area contributed by atoms with Gasteiger partial charge in [-0.25, -0.2) is 0 Å². The molecule has 0 amide bonds. The van der Waals surface area contributed by atoms with Crippen molar-refractivity contribution in [2.45, 2.75) is 31.2 Å². The molecule has 0 aromatic rings. The normalized spacial score (nSPS) is 43.0. The molecule has 74 valence electrons. The van der Waals surface area contributed by atoms with E-state index in [2.05, 4.69) is 0 Å². The summed E-state index contributed by atoms with van der Waals surface area (Å²) in [5.74, 6) is 0.505. The molecule has 2 fully saturated rings. The molecule has 3 heteroatoms. The minimum absolute atomic E-state index is 0.425. The highest BCUT2D eigenvalue weighted by atomic mass is 16.4. The highest BCUT2D eigenvalue weighted by Gasteiger charge is 2.60. The number of carboxylic acid groups (broad SMARTS) is 1. The average Bonchev–Trinajstić information content (AvgIpc) is 2.80.